The number of imide groups is 1. The molecule has 12 heteroatoms. The molecule has 0 aromatic heterocycles. The summed E-state index contributed by atoms with van der Waals surface area (Å²) in [6.45, 7) is 2.97. The lowest BCUT2D eigenvalue weighted by Crippen LogP contribution is -2.48. The number of anilines is 2. The lowest BCUT2D eigenvalue weighted by Gasteiger charge is -2.34. The van der Waals surface area contributed by atoms with Gasteiger partial charge >= 0.3 is 6.03 Å². The van der Waals surface area contributed by atoms with Crippen LogP contribution in [0.4, 0.5) is 16.2 Å². The topological polar surface area (TPSA) is 151 Å². The molecule has 1 spiro atoms. The van der Waals surface area contributed by atoms with Crippen LogP contribution in [0.5, 0.6) is 5.75 Å². The van der Waals surface area contributed by atoms with Crippen LogP contribution in [0.1, 0.15) is 31.4 Å². The molecule has 2 atom stereocenters. The zero-order chi connectivity index (χ0) is 26.5. The molecule has 1 aliphatic carbocycles. The number of ether oxygens (including phenoxy) is 1. The van der Waals surface area contributed by atoms with E-state index in [1.807, 2.05) is 0 Å². The number of benzene rings is 2. The Morgan fingerprint density at radius 1 is 1.11 bits per heavy atom. The van der Waals surface area contributed by atoms with Gasteiger partial charge < -0.3 is 15.4 Å². The van der Waals surface area contributed by atoms with Gasteiger partial charge in [-0.3, -0.25) is 24.6 Å². The second-order valence-electron chi connectivity index (χ2n) is 9.35. The smallest absolute Gasteiger partial charge is 0.322 e. The van der Waals surface area contributed by atoms with Crippen LogP contribution in [0, 0.1) is 0 Å². The van der Waals surface area contributed by atoms with E-state index < -0.39 is 39.3 Å². The summed E-state index contributed by atoms with van der Waals surface area (Å²) < 4.78 is 30.6. The normalized spacial score (nSPS) is 22.3. The Morgan fingerprint density at radius 3 is 2.54 bits per heavy atom. The molecule has 5 amide bonds. The molecule has 37 heavy (non-hydrogen) atoms. The quantitative estimate of drug-likeness (QED) is 0.480. The molecule has 0 radical (unpaired) electrons. The molecule has 2 unspecified atom stereocenters. The number of nitrogens with one attached hydrogen (secondary N) is 3. The van der Waals surface area contributed by atoms with E-state index in [0.29, 0.717) is 30.7 Å². The molecule has 1 fully saturated rings. The van der Waals surface area contributed by atoms with Gasteiger partial charge in [-0.15, -0.1) is 0 Å². The van der Waals surface area contributed by atoms with Gasteiger partial charge in [-0.1, -0.05) is 19.9 Å². The van der Waals surface area contributed by atoms with Crippen molar-refractivity contribution in [1.82, 2.24) is 10.6 Å². The van der Waals surface area contributed by atoms with E-state index in [4.69, 9.17) is 4.74 Å². The molecule has 194 valence electrons. The Hall–Kier alpha value is -3.93. The van der Waals surface area contributed by atoms with Gasteiger partial charge in [0.05, 0.1) is 16.3 Å². The number of fused-ring (bicyclic) bond motifs is 2. The zero-order valence-electron chi connectivity index (χ0n) is 20.3. The molecular weight excluding hydrogens is 500 g/mol. The van der Waals surface area contributed by atoms with E-state index in [2.05, 4.69) is 16.0 Å². The number of urea groups is 1. The molecule has 3 aliphatic rings. The van der Waals surface area contributed by atoms with Crippen molar-refractivity contribution < 1.29 is 32.3 Å². The fourth-order valence-electron chi connectivity index (χ4n) is 4.96. The monoisotopic (exact) mass is 526 g/mol. The number of hydrogen-bond donors (Lipinski definition) is 3. The molecule has 11 nitrogen and oxygen atoms in total. The first-order chi connectivity index (χ1) is 17.5. The highest BCUT2D eigenvalue weighted by molar-refractivity contribution is 7.91. The summed E-state index contributed by atoms with van der Waals surface area (Å²) in [4.78, 5) is 51.4. The van der Waals surface area contributed by atoms with Crippen LogP contribution in [-0.2, 0) is 37.1 Å². The van der Waals surface area contributed by atoms with Crippen molar-refractivity contribution in [3.63, 3.8) is 0 Å². The second kappa shape index (κ2) is 8.87. The number of rotatable bonds is 6. The summed E-state index contributed by atoms with van der Waals surface area (Å²) in [5.41, 5.74) is 1.39. The summed E-state index contributed by atoms with van der Waals surface area (Å²) in [6.07, 6.45) is 0.237. The van der Waals surface area contributed by atoms with Crippen molar-refractivity contribution in [3.8, 4) is 5.75 Å². The van der Waals surface area contributed by atoms with Crippen molar-refractivity contribution >= 4 is 45.0 Å². The van der Waals surface area contributed by atoms with Gasteiger partial charge in [0.25, 0.3) is 11.8 Å². The minimum atomic E-state index is -3.54. The highest BCUT2D eigenvalue weighted by atomic mass is 32.2. The Morgan fingerprint density at radius 2 is 1.86 bits per heavy atom. The first kappa shape index (κ1) is 24.8. The lowest BCUT2D eigenvalue weighted by atomic mass is 9.96. The van der Waals surface area contributed by atoms with Gasteiger partial charge in [-0.2, -0.15) is 0 Å². The fourth-order valence-corrected chi connectivity index (χ4v) is 5.86. The number of amides is 5. The number of nitrogens with zero attached hydrogens (tertiary/aromatic N) is 1. The molecule has 2 aromatic carbocycles. The summed E-state index contributed by atoms with van der Waals surface area (Å²) >= 11 is 0. The van der Waals surface area contributed by atoms with Gasteiger partial charge in [-0.25, -0.2) is 13.2 Å². The molecule has 2 heterocycles. The van der Waals surface area contributed by atoms with Crippen molar-refractivity contribution in [2.75, 3.05) is 22.5 Å². The maximum absolute atomic E-state index is 13.1. The maximum atomic E-state index is 13.1. The first-order valence-electron chi connectivity index (χ1n) is 12.0. The summed E-state index contributed by atoms with van der Waals surface area (Å²) in [7, 11) is -3.54. The van der Waals surface area contributed by atoms with E-state index in [-0.39, 0.29) is 28.8 Å². The Labute approximate surface area is 213 Å². The number of carbonyl (C=O) groups is 4. The third kappa shape index (κ3) is 4.31. The molecule has 0 bridgehead atoms. The van der Waals surface area contributed by atoms with Gasteiger partial charge in [0, 0.05) is 18.5 Å². The lowest BCUT2D eigenvalue weighted by molar-refractivity contribution is -0.128. The fraction of sp³-hybridized carbons (Fsp3) is 0.360. The third-order valence-electron chi connectivity index (χ3n) is 6.93. The molecule has 2 aromatic rings. The average Bonchev–Trinajstić information content (AvgIpc) is 3.36. The van der Waals surface area contributed by atoms with E-state index in [0.717, 1.165) is 11.1 Å². The van der Waals surface area contributed by atoms with Crippen LogP contribution >= 0.6 is 0 Å². The van der Waals surface area contributed by atoms with Crippen LogP contribution in [0.15, 0.2) is 41.3 Å². The van der Waals surface area contributed by atoms with Gasteiger partial charge in [0.15, 0.2) is 15.9 Å². The Bertz CT molecular complexity index is 1450. The van der Waals surface area contributed by atoms with E-state index in [1.54, 1.807) is 25.1 Å². The molecule has 2 aliphatic heterocycles. The van der Waals surface area contributed by atoms with Crippen LogP contribution in [0.3, 0.4) is 0 Å². The first-order valence-corrected chi connectivity index (χ1v) is 13.6. The molecule has 0 saturated carbocycles. The second-order valence-corrected chi connectivity index (χ2v) is 11.6. The van der Waals surface area contributed by atoms with Gasteiger partial charge in [-0.05, 0) is 47.9 Å². The number of sulfone groups is 1. The highest BCUT2D eigenvalue weighted by Gasteiger charge is 2.50. The maximum Gasteiger partial charge on any atom is 0.322 e. The van der Waals surface area contributed by atoms with Gasteiger partial charge in [0.2, 0.25) is 5.91 Å². The molecular formula is C25H26N4O7S. The summed E-state index contributed by atoms with van der Waals surface area (Å²) in [6, 6.07) is 9.01. The predicted octanol–water partition coefficient (Wildman–Crippen LogP) is 1.30. The van der Waals surface area contributed by atoms with E-state index in [1.165, 1.54) is 30.0 Å². The molecule has 3 N–H and O–H groups in total. The van der Waals surface area contributed by atoms with Crippen LogP contribution in [0.25, 0.3) is 0 Å². The van der Waals surface area contributed by atoms with Crippen LogP contribution < -0.4 is 25.6 Å². The number of hydrogen-bond acceptors (Lipinski definition) is 7. The van der Waals surface area contributed by atoms with Crippen molar-refractivity contribution in [2.45, 2.75) is 49.6 Å². The third-order valence-corrected chi connectivity index (χ3v) is 8.66. The zero-order valence-corrected chi connectivity index (χ0v) is 21.1. The minimum absolute atomic E-state index is 0.0427. The van der Waals surface area contributed by atoms with Crippen LogP contribution in [-0.4, -0.2) is 56.1 Å². The van der Waals surface area contributed by atoms with Crippen molar-refractivity contribution in [3.05, 3.63) is 47.5 Å². The highest BCUT2D eigenvalue weighted by Crippen LogP contribution is 2.37. The largest absolute Gasteiger partial charge is 0.478 e. The van der Waals surface area contributed by atoms with Crippen LogP contribution in [0.2, 0.25) is 0 Å². The Balaban J connectivity index is 1.36. The number of carbonyl (C=O) groups excluding carboxylic acids is 4. The van der Waals surface area contributed by atoms with Crippen molar-refractivity contribution in [1.29, 1.82) is 0 Å². The summed E-state index contributed by atoms with van der Waals surface area (Å²) in [5.74, 6) is -1.08. The Kier molecular flexibility index (Phi) is 5.94. The SMILES string of the molecule is CCC1Oc2ccc(S(=O)(=O)CC)cc2N(CC(=O)Nc2ccc3c(c2)CC2(C3)NC(=O)NC2=O)C1=O. The van der Waals surface area contributed by atoms with Crippen molar-refractivity contribution in [2.24, 2.45) is 0 Å². The average molecular weight is 527 g/mol. The van der Waals surface area contributed by atoms with E-state index >= 15 is 0 Å². The van der Waals surface area contributed by atoms with Gasteiger partial charge in [0.1, 0.15) is 17.8 Å². The standard InChI is InChI=1S/C25H26N4O7S/c1-3-19-22(31)29(18-10-17(37(34,35)4-2)7-8-20(18)36-19)13-21(30)26-16-6-5-14-11-25(12-15(14)9-16)23(32)27-24(33)28-25/h5-10,19H,3-4,11-13H2,1-2H3,(H,26,30)(H2,27,28,32,33). The predicted molar refractivity (Wildman–Crippen MR) is 133 cm³/mol. The van der Waals surface area contributed by atoms with E-state index in [9.17, 15) is 27.6 Å². The minimum Gasteiger partial charge on any atom is -0.478 e. The molecule has 1 saturated heterocycles. The molecule has 5 rings (SSSR count). The summed E-state index contributed by atoms with van der Waals surface area (Å²) in [5, 5.41) is 7.75.